The first-order chi connectivity index (χ1) is 5.95. The SMILES string of the molecule is CCOC(=O)CCC=CP(=O)(O)O. The number of allylic oxidation sites excluding steroid dienone is 1. The fourth-order valence-corrected chi connectivity index (χ4v) is 1.07. The monoisotopic (exact) mass is 208 g/mol. The van der Waals surface area contributed by atoms with Gasteiger partial charge >= 0.3 is 13.6 Å². The van der Waals surface area contributed by atoms with Crippen LogP contribution in [-0.2, 0) is 14.1 Å². The first-order valence-electron chi connectivity index (χ1n) is 3.84. The Labute approximate surface area is 76.6 Å². The third-order valence-corrected chi connectivity index (χ3v) is 1.72. The Hall–Kier alpha value is -0.640. The molecule has 0 amide bonds. The molecule has 0 unspecified atom stereocenters. The van der Waals surface area contributed by atoms with E-state index in [0.29, 0.717) is 6.61 Å². The third kappa shape index (κ3) is 9.27. The van der Waals surface area contributed by atoms with Gasteiger partial charge in [0, 0.05) is 12.2 Å². The molecule has 0 aliphatic rings. The van der Waals surface area contributed by atoms with E-state index in [1.165, 1.54) is 6.08 Å². The van der Waals surface area contributed by atoms with Gasteiger partial charge in [-0.3, -0.25) is 9.36 Å². The van der Waals surface area contributed by atoms with E-state index in [0.717, 1.165) is 5.82 Å². The maximum Gasteiger partial charge on any atom is 0.348 e. The van der Waals surface area contributed by atoms with Crippen molar-refractivity contribution >= 4 is 13.6 Å². The molecule has 76 valence electrons. The Kier molecular flexibility index (Phi) is 5.62. The summed E-state index contributed by atoms with van der Waals surface area (Å²) in [6.45, 7) is 2.02. The molecule has 0 aromatic carbocycles. The fourth-order valence-electron chi connectivity index (χ4n) is 0.646. The summed E-state index contributed by atoms with van der Waals surface area (Å²) in [5.41, 5.74) is 0. The summed E-state index contributed by atoms with van der Waals surface area (Å²) in [6, 6.07) is 0. The molecular formula is C7H13O5P. The average molecular weight is 208 g/mol. The highest BCUT2D eigenvalue weighted by Crippen LogP contribution is 2.36. The van der Waals surface area contributed by atoms with Crippen LogP contribution < -0.4 is 0 Å². The van der Waals surface area contributed by atoms with E-state index in [1.54, 1.807) is 6.92 Å². The lowest BCUT2D eigenvalue weighted by Gasteiger charge is -1.98. The van der Waals surface area contributed by atoms with Gasteiger partial charge in [0.25, 0.3) is 0 Å². The van der Waals surface area contributed by atoms with Gasteiger partial charge in [-0.2, -0.15) is 0 Å². The summed E-state index contributed by atoms with van der Waals surface area (Å²) in [5.74, 6) is 0.421. The third-order valence-electron chi connectivity index (χ3n) is 1.12. The summed E-state index contributed by atoms with van der Waals surface area (Å²) in [6.07, 6.45) is 1.70. The van der Waals surface area contributed by atoms with E-state index in [4.69, 9.17) is 9.79 Å². The molecule has 0 atom stereocenters. The van der Waals surface area contributed by atoms with Crippen LogP contribution in [0.2, 0.25) is 0 Å². The van der Waals surface area contributed by atoms with Gasteiger partial charge in [0.1, 0.15) is 0 Å². The number of ether oxygens (including phenoxy) is 1. The average Bonchev–Trinajstić information content (AvgIpc) is 1.97. The Morgan fingerprint density at radius 1 is 1.54 bits per heavy atom. The summed E-state index contributed by atoms with van der Waals surface area (Å²) in [7, 11) is -4.07. The highest BCUT2D eigenvalue weighted by atomic mass is 31.2. The number of hydrogen-bond acceptors (Lipinski definition) is 3. The maximum atomic E-state index is 10.7. The van der Waals surface area contributed by atoms with Crippen LogP contribution in [0.3, 0.4) is 0 Å². The molecule has 0 heterocycles. The summed E-state index contributed by atoms with van der Waals surface area (Å²) >= 11 is 0. The number of carbonyl (C=O) groups is 1. The van der Waals surface area contributed by atoms with Gasteiger partial charge in [0.15, 0.2) is 0 Å². The number of esters is 1. The van der Waals surface area contributed by atoms with E-state index in [9.17, 15) is 9.36 Å². The van der Waals surface area contributed by atoms with Crippen molar-refractivity contribution in [1.82, 2.24) is 0 Å². The van der Waals surface area contributed by atoms with Crippen molar-refractivity contribution in [2.45, 2.75) is 19.8 Å². The van der Waals surface area contributed by atoms with Gasteiger partial charge in [-0.25, -0.2) is 0 Å². The number of rotatable bonds is 5. The molecule has 0 spiro atoms. The van der Waals surface area contributed by atoms with Crippen LogP contribution in [-0.4, -0.2) is 22.4 Å². The quantitative estimate of drug-likeness (QED) is 0.520. The predicted molar refractivity (Wildman–Crippen MR) is 47.1 cm³/mol. The minimum Gasteiger partial charge on any atom is -0.466 e. The molecule has 0 radical (unpaired) electrons. The van der Waals surface area contributed by atoms with Crippen molar-refractivity contribution < 1.29 is 23.9 Å². The summed E-state index contributed by atoms with van der Waals surface area (Å²) in [4.78, 5) is 27.5. The molecule has 0 saturated heterocycles. The van der Waals surface area contributed by atoms with Crippen LogP contribution in [0.25, 0.3) is 0 Å². The standard InChI is InChI=1S/C7H13O5P/c1-2-12-7(8)5-3-4-6-13(9,10)11/h4,6H,2-3,5H2,1H3,(H2,9,10,11). The normalized spacial score (nSPS) is 11.9. The number of carbonyl (C=O) groups excluding carboxylic acids is 1. The molecule has 0 aliphatic heterocycles. The molecule has 6 heteroatoms. The zero-order chi connectivity index (χ0) is 10.3. The first kappa shape index (κ1) is 12.4. The van der Waals surface area contributed by atoms with Gasteiger partial charge in [-0.15, -0.1) is 0 Å². The molecule has 13 heavy (non-hydrogen) atoms. The lowest BCUT2D eigenvalue weighted by molar-refractivity contribution is -0.143. The van der Waals surface area contributed by atoms with Crippen molar-refractivity contribution in [2.75, 3.05) is 6.61 Å². The topological polar surface area (TPSA) is 83.8 Å². The molecule has 0 fully saturated rings. The fraction of sp³-hybridized carbons (Fsp3) is 0.571. The lowest BCUT2D eigenvalue weighted by atomic mass is 10.3. The molecule has 0 aromatic heterocycles. The second kappa shape index (κ2) is 5.91. The molecule has 0 bridgehead atoms. The van der Waals surface area contributed by atoms with E-state index in [-0.39, 0.29) is 18.8 Å². The minimum atomic E-state index is -4.07. The van der Waals surface area contributed by atoms with Crippen LogP contribution in [0.1, 0.15) is 19.8 Å². The Morgan fingerprint density at radius 2 is 2.15 bits per heavy atom. The van der Waals surface area contributed by atoms with Gasteiger partial charge < -0.3 is 14.5 Å². The Morgan fingerprint density at radius 3 is 2.62 bits per heavy atom. The molecule has 0 rings (SSSR count). The van der Waals surface area contributed by atoms with E-state index in [1.807, 2.05) is 0 Å². The van der Waals surface area contributed by atoms with Crippen LogP contribution in [0.5, 0.6) is 0 Å². The van der Waals surface area contributed by atoms with Crippen LogP contribution in [0.4, 0.5) is 0 Å². The van der Waals surface area contributed by atoms with Gasteiger partial charge in [-0.1, -0.05) is 6.08 Å². The largest absolute Gasteiger partial charge is 0.466 e. The smallest absolute Gasteiger partial charge is 0.348 e. The molecule has 0 aromatic rings. The van der Waals surface area contributed by atoms with Crippen molar-refractivity contribution in [3.63, 3.8) is 0 Å². The predicted octanol–water partition coefficient (Wildman–Crippen LogP) is 1.02. The molecule has 0 saturated carbocycles. The zero-order valence-corrected chi connectivity index (χ0v) is 8.24. The lowest BCUT2D eigenvalue weighted by Crippen LogP contribution is -2.02. The number of hydrogen-bond donors (Lipinski definition) is 2. The highest BCUT2D eigenvalue weighted by molar-refractivity contribution is 7.55. The molecular weight excluding hydrogens is 195 g/mol. The highest BCUT2D eigenvalue weighted by Gasteiger charge is 2.05. The van der Waals surface area contributed by atoms with E-state index in [2.05, 4.69) is 4.74 Å². The first-order valence-corrected chi connectivity index (χ1v) is 5.52. The Balaban J connectivity index is 3.62. The van der Waals surface area contributed by atoms with Crippen molar-refractivity contribution in [3.05, 3.63) is 11.9 Å². The van der Waals surface area contributed by atoms with E-state index < -0.39 is 7.60 Å². The minimum absolute atomic E-state index is 0.143. The van der Waals surface area contributed by atoms with Gasteiger partial charge in [0.05, 0.1) is 6.61 Å². The van der Waals surface area contributed by atoms with Crippen molar-refractivity contribution in [2.24, 2.45) is 0 Å². The molecule has 5 nitrogen and oxygen atoms in total. The van der Waals surface area contributed by atoms with Crippen molar-refractivity contribution in [1.29, 1.82) is 0 Å². The zero-order valence-electron chi connectivity index (χ0n) is 7.34. The van der Waals surface area contributed by atoms with Gasteiger partial charge in [-0.05, 0) is 13.3 Å². The maximum absolute atomic E-state index is 10.7. The van der Waals surface area contributed by atoms with Crippen LogP contribution >= 0.6 is 7.60 Å². The second-order valence-electron chi connectivity index (χ2n) is 2.32. The summed E-state index contributed by atoms with van der Waals surface area (Å²) < 4.78 is 14.9. The molecule has 2 N–H and O–H groups in total. The van der Waals surface area contributed by atoms with Crippen molar-refractivity contribution in [3.8, 4) is 0 Å². The van der Waals surface area contributed by atoms with Crippen LogP contribution in [0.15, 0.2) is 11.9 Å². The van der Waals surface area contributed by atoms with Gasteiger partial charge in [0.2, 0.25) is 0 Å². The molecule has 0 aliphatic carbocycles. The van der Waals surface area contributed by atoms with E-state index >= 15 is 0 Å². The summed E-state index contributed by atoms with van der Waals surface area (Å²) in [5, 5.41) is 0. The van der Waals surface area contributed by atoms with Crippen LogP contribution in [0, 0.1) is 0 Å². The Bertz CT molecular complexity index is 229. The second-order valence-corrected chi connectivity index (χ2v) is 3.79.